The van der Waals surface area contributed by atoms with Crippen molar-refractivity contribution in [1.82, 2.24) is 10.3 Å². The molecule has 0 spiro atoms. The van der Waals surface area contributed by atoms with Crippen LogP contribution in [0.5, 0.6) is 17.2 Å². The van der Waals surface area contributed by atoms with E-state index < -0.39 is 36.1 Å². The lowest BCUT2D eigenvalue weighted by Crippen LogP contribution is -2.46. The van der Waals surface area contributed by atoms with Crippen LogP contribution in [-0.2, 0) is 19.1 Å². The molecule has 1 aliphatic heterocycles. The Bertz CT molecular complexity index is 982. The number of rotatable bonds is 6. The first-order valence-electron chi connectivity index (χ1n) is 10.4. The number of carbonyl (C=O) groups excluding carboxylic acids is 3. The third-order valence-corrected chi connectivity index (χ3v) is 4.83. The lowest BCUT2D eigenvalue weighted by molar-refractivity contribution is -0.155. The number of methoxy groups -OCH3 is 1. The van der Waals surface area contributed by atoms with Crippen LogP contribution in [0.3, 0.4) is 0 Å². The van der Waals surface area contributed by atoms with E-state index in [1.165, 1.54) is 26.3 Å². The van der Waals surface area contributed by atoms with Gasteiger partial charge in [-0.25, -0.2) is 9.78 Å². The fourth-order valence-electron chi connectivity index (χ4n) is 3.20. The lowest BCUT2D eigenvalue weighted by Gasteiger charge is -2.25. The Balaban J connectivity index is 1.72. The zero-order valence-electron chi connectivity index (χ0n) is 18.6. The smallest absolute Gasteiger partial charge is 0.331 e. The molecule has 1 aromatic heterocycles. The number of para-hydroxylation sites is 1. The van der Waals surface area contributed by atoms with Crippen molar-refractivity contribution >= 4 is 17.8 Å². The molecular formula is C23H26N2O8. The number of esters is 2. The Morgan fingerprint density at radius 2 is 1.94 bits per heavy atom. The van der Waals surface area contributed by atoms with Gasteiger partial charge in [0.2, 0.25) is 5.75 Å². The highest BCUT2D eigenvalue weighted by Crippen LogP contribution is 2.29. The molecule has 2 aromatic rings. The highest BCUT2D eigenvalue weighted by molar-refractivity contribution is 5.98. The molecule has 176 valence electrons. The third kappa shape index (κ3) is 6.42. The van der Waals surface area contributed by atoms with E-state index >= 15 is 0 Å². The van der Waals surface area contributed by atoms with Gasteiger partial charge in [-0.1, -0.05) is 18.2 Å². The van der Waals surface area contributed by atoms with Crippen LogP contribution >= 0.6 is 0 Å². The first-order chi connectivity index (χ1) is 15.9. The molecule has 3 rings (SSSR count). The van der Waals surface area contributed by atoms with Crippen LogP contribution in [-0.4, -0.2) is 61.4 Å². The van der Waals surface area contributed by atoms with Crippen LogP contribution in [0.25, 0.3) is 0 Å². The molecule has 1 aliphatic rings. The van der Waals surface area contributed by atoms with Crippen LogP contribution in [0, 0.1) is 0 Å². The van der Waals surface area contributed by atoms with E-state index in [1.807, 2.05) is 30.3 Å². The summed E-state index contributed by atoms with van der Waals surface area (Å²) in [5.74, 6) is -1.44. The minimum absolute atomic E-state index is 0.109. The Labute approximate surface area is 191 Å². The summed E-state index contributed by atoms with van der Waals surface area (Å²) >= 11 is 0. The summed E-state index contributed by atoms with van der Waals surface area (Å²) in [6, 6.07) is 9.54. The van der Waals surface area contributed by atoms with E-state index in [1.54, 1.807) is 6.92 Å². The van der Waals surface area contributed by atoms with Gasteiger partial charge in [-0.05, 0) is 19.1 Å². The minimum atomic E-state index is -1.10. The van der Waals surface area contributed by atoms with Gasteiger partial charge >= 0.3 is 11.9 Å². The van der Waals surface area contributed by atoms with Gasteiger partial charge in [-0.2, -0.15) is 0 Å². The van der Waals surface area contributed by atoms with Gasteiger partial charge < -0.3 is 29.0 Å². The maximum Gasteiger partial charge on any atom is 0.331 e. The molecule has 0 saturated carbocycles. The Morgan fingerprint density at radius 3 is 2.64 bits per heavy atom. The van der Waals surface area contributed by atoms with E-state index in [0.29, 0.717) is 18.8 Å². The number of benzene rings is 1. The van der Waals surface area contributed by atoms with Crippen molar-refractivity contribution in [3.8, 4) is 17.2 Å². The van der Waals surface area contributed by atoms with Crippen molar-refractivity contribution in [1.29, 1.82) is 0 Å². The molecule has 1 saturated heterocycles. The van der Waals surface area contributed by atoms with Crippen LogP contribution in [0.15, 0.2) is 42.6 Å². The van der Waals surface area contributed by atoms with Crippen molar-refractivity contribution in [3.05, 3.63) is 48.3 Å². The molecule has 0 aliphatic carbocycles. The second kappa shape index (κ2) is 11.3. The topological polar surface area (TPSA) is 122 Å². The molecule has 33 heavy (non-hydrogen) atoms. The molecule has 0 radical (unpaired) electrons. The fourth-order valence-corrected chi connectivity index (χ4v) is 3.20. The minimum Gasteiger partial charge on any atom is -0.493 e. The third-order valence-electron chi connectivity index (χ3n) is 4.83. The maximum absolute atomic E-state index is 12.9. The number of cyclic esters (lactones) is 1. The molecule has 10 heteroatoms. The Morgan fingerprint density at radius 1 is 1.18 bits per heavy atom. The molecule has 1 amide bonds. The number of carbonyl (C=O) groups is 3. The molecule has 10 nitrogen and oxygen atoms in total. The van der Waals surface area contributed by atoms with Gasteiger partial charge in [0.1, 0.15) is 18.0 Å². The number of hydrogen-bond donors (Lipinski definition) is 1. The molecule has 3 atom stereocenters. The second-order valence-corrected chi connectivity index (χ2v) is 7.29. The second-order valence-electron chi connectivity index (χ2n) is 7.29. The standard InChI is InChI=1S/C23H26N2O8/c1-14-18(33-16-7-5-4-6-8-16)10-12-30-13-17(23(28)31-14)25-22(27)20-21(32-15(2)26)19(29-3)9-11-24-20/h4-9,11,14,17-18H,10,12-13H2,1-3H3,(H,25,27)/t14-,17-,18+/m0/s1. The van der Waals surface area contributed by atoms with E-state index in [-0.39, 0.29) is 23.8 Å². The molecule has 1 N–H and O–H groups in total. The number of nitrogens with one attached hydrogen (secondary N) is 1. The van der Waals surface area contributed by atoms with Crippen LogP contribution < -0.4 is 19.5 Å². The van der Waals surface area contributed by atoms with Crippen LogP contribution in [0.1, 0.15) is 30.8 Å². The molecule has 0 bridgehead atoms. The van der Waals surface area contributed by atoms with Gasteiger partial charge in [0.25, 0.3) is 5.91 Å². The molecular weight excluding hydrogens is 432 g/mol. The van der Waals surface area contributed by atoms with Gasteiger partial charge in [0, 0.05) is 25.6 Å². The lowest BCUT2D eigenvalue weighted by atomic mass is 10.1. The van der Waals surface area contributed by atoms with Crippen LogP contribution in [0.2, 0.25) is 0 Å². The van der Waals surface area contributed by atoms with Crippen molar-refractivity contribution in [2.45, 2.75) is 38.5 Å². The Kier molecular flexibility index (Phi) is 8.20. The summed E-state index contributed by atoms with van der Waals surface area (Å²) in [5.41, 5.74) is -0.212. The number of ether oxygens (including phenoxy) is 5. The zero-order valence-corrected chi connectivity index (χ0v) is 18.6. The number of amides is 1. The largest absolute Gasteiger partial charge is 0.493 e. The molecule has 0 unspecified atom stereocenters. The van der Waals surface area contributed by atoms with E-state index in [2.05, 4.69) is 10.3 Å². The first-order valence-corrected chi connectivity index (χ1v) is 10.4. The van der Waals surface area contributed by atoms with E-state index in [0.717, 1.165) is 0 Å². The zero-order chi connectivity index (χ0) is 23.8. The van der Waals surface area contributed by atoms with Crippen molar-refractivity contribution in [2.24, 2.45) is 0 Å². The molecule has 1 fully saturated rings. The summed E-state index contributed by atoms with van der Waals surface area (Å²) in [4.78, 5) is 41.1. The number of nitrogens with zero attached hydrogens (tertiary/aromatic N) is 1. The van der Waals surface area contributed by atoms with Gasteiger partial charge in [-0.15, -0.1) is 0 Å². The SMILES string of the molecule is COc1ccnc(C(=O)N[C@H]2COCC[C@@H](Oc3ccccc3)[C@H](C)OC2=O)c1OC(C)=O. The summed E-state index contributed by atoms with van der Waals surface area (Å²) < 4.78 is 27.4. The summed E-state index contributed by atoms with van der Waals surface area (Å²) in [6.07, 6.45) is 0.788. The van der Waals surface area contributed by atoms with Gasteiger partial charge in [0.15, 0.2) is 17.5 Å². The highest BCUT2D eigenvalue weighted by Gasteiger charge is 2.32. The monoisotopic (exact) mass is 458 g/mol. The first kappa shape index (κ1) is 24.0. The normalized spacial score (nSPS) is 20.9. The Hall–Kier alpha value is -3.66. The van der Waals surface area contributed by atoms with Crippen molar-refractivity contribution in [3.63, 3.8) is 0 Å². The average Bonchev–Trinajstić information content (AvgIpc) is 2.85. The number of pyridine rings is 1. The highest BCUT2D eigenvalue weighted by atomic mass is 16.6. The predicted molar refractivity (Wildman–Crippen MR) is 115 cm³/mol. The van der Waals surface area contributed by atoms with Crippen LogP contribution in [0.4, 0.5) is 0 Å². The molecule has 1 aromatic carbocycles. The molecule has 2 heterocycles. The fraction of sp³-hybridized carbons (Fsp3) is 0.391. The predicted octanol–water partition coefficient (Wildman–Crippen LogP) is 1.91. The summed E-state index contributed by atoms with van der Waals surface area (Å²) in [7, 11) is 1.36. The summed E-state index contributed by atoms with van der Waals surface area (Å²) in [6.45, 7) is 3.09. The van der Waals surface area contributed by atoms with Gasteiger partial charge in [0.05, 0.1) is 20.3 Å². The maximum atomic E-state index is 12.9. The average molecular weight is 458 g/mol. The van der Waals surface area contributed by atoms with Gasteiger partial charge in [-0.3, -0.25) is 9.59 Å². The van der Waals surface area contributed by atoms with Crippen molar-refractivity contribution in [2.75, 3.05) is 20.3 Å². The van der Waals surface area contributed by atoms with E-state index in [9.17, 15) is 14.4 Å². The quantitative estimate of drug-likeness (QED) is 0.647. The number of aromatic nitrogens is 1. The number of hydrogen-bond acceptors (Lipinski definition) is 9. The van der Waals surface area contributed by atoms with E-state index in [4.69, 9.17) is 23.7 Å². The van der Waals surface area contributed by atoms with Crippen molar-refractivity contribution < 1.29 is 38.1 Å². The summed E-state index contributed by atoms with van der Waals surface area (Å²) in [5, 5.41) is 2.54.